The number of guanidine groups is 1. The highest BCUT2D eigenvalue weighted by molar-refractivity contribution is 14.0. The van der Waals surface area contributed by atoms with Crippen molar-refractivity contribution in [2.24, 2.45) is 4.99 Å². The predicted molar refractivity (Wildman–Crippen MR) is 130 cm³/mol. The number of hydrogen-bond donors (Lipinski definition) is 2. The summed E-state index contributed by atoms with van der Waals surface area (Å²) in [4.78, 5) is 7.66. The molecule has 0 aromatic rings. The Balaban J connectivity index is 0.00000420. The first kappa shape index (κ1) is 26.9. The zero-order valence-corrected chi connectivity index (χ0v) is 20.9. The van der Waals surface area contributed by atoms with Crippen molar-refractivity contribution in [1.29, 1.82) is 0 Å². The minimum atomic E-state index is 0. The fraction of sp³-hybridized carbons (Fsp3) is 0.952. The van der Waals surface area contributed by atoms with Crippen molar-refractivity contribution < 1.29 is 14.2 Å². The molecule has 2 aliphatic rings. The summed E-state index contributed by atoms with van der Waals surface area (Å²) in [5.41, 5.74) is 0.222. The van der Waals surface area contributed by atoms with Crippen LogP contribution in [0.3, 0.4) is 0 Å². The Hall–Kier alpha value is -0.160. The van der Waals surface area contributed by atoms with E-state index in [0.29, 0.717) is 13.2 Å². The summed E-state index contributed by atoms with van der Waals surface area (Å²) < 4.78 is 16.1. The SMILES string of the molecule is CCNC(=NCC1(N2CCOCC2)CCCCC1)NCCCCOCCOC.I. The van der Waals surface area contributed by atoms with Crippen molar-refractivity contribution >= 4 is 29.9 Å². The van der Waals surface area contributed by atoms with Gasteiger partial charge in [0.25, 0.3) is 0 Å². The van der Waals surface area contributed by atoms with Crippen molar-refractivity contribution in [3.8, 4) is 0 Å². The molecule has 0 atom stereocenters. The normalized spacial score (nSPS) is 20.1. The smallest absolute Gasteiger partial charge is 0.191 e. The number of methoxy groups -OCH3 is 1. The maximum Gasteiger partial charge on any atom is 0.191 e. The number of hydrogen-bond acceptors (Lipinski definition) is 5. The summed E-state index contributed by atoms with van der Waals surface area (Å²) in [5, 5.41) is 6.91. The van der Waals surface area contributed by atoms with Gasteiger partial charge in [0.15, 0.2) is 5.96 Å². The molecule has 7 nitrogen and oxygen atoms in total. The number of halogens is 1. The quantitative estimate of drug-likeness (QED) is 0.177. The van der Waals surface area contributed by atoms with Gasteiger partial charge in [-0.3, -0.25) is 9.89 Å². The molecule has 2 N–H and O–H groups in total. The molecule has 0 bridgehead atoms. The summed E-state index contributed by atoms with van der Waals surface area (Å²) in [7, 11) is 1.70. The third kappa shape index (κ3) is 10.1. The van der Waals surface area contributed by atoms with E-state index in [0.717, 1.165) is 71.3 Å². The van der Waals surface area contributed by atoms with Crippen LogP contribution in [-0.4, -0.2) is 89.3 Å². The van der Waals surface area contributed by atoms with E-state index in [1.54, 1.807) is 7.11 Å². The molecule has 172 valence electrons. The van der Waals surface area contributed by atoms with Crippen molar-refractivity contribution in [3.05, 3.63) is 0 Å². The first-order chi connectivity index (χ1) is 13.8. The Morgan fingerprint density at radius 2 is 1.79 bits per heavy atom. The second kappa shape index (κ2) is 16.5. The average Bonchev–Trinajstić information content (AvgIpc) is 2.75. The molecular weight excluding hydrogens is 483 g/mol. The topological polar surface area (TPSA) is 67.4 Å². The average molecular weight is 527 g/mol. The number of morpholine rings is 1. The van der Waals surface area contributed by atoms with Gasteiger partial charge in [-0.2, -0.15) is 0 Å². The van der Waals surface area contributed by atoms with E-state index in [1.807, 2.05) is 0 Å². The highest BCUT2D eigenvalue weighted by atomic mass is 127. The minimum Gasteiger partial charge on any atom is -0.382 e. The molecular formula is C21H43IN4O3. The molecule has 8 heteroatoms. The lowest BCUT2D eigenvalue weighted by Crippen LogP contribution is -2.56. The maximum atomic E-state index is 5.59. The van der Waals surface area contributed by atoms with E-state index in [4.69, 9.17) is 19.2 Å². The molecule has 0 amide bonds. The zero-order valence-electron chi connectivity index (χ0n) is 18.5. The van der Waals surface area contributed by atoms with E-state index in [1.165, 1.54) is 32.1 Å². The van der Waals surface area contributed by atoms with Crippen LogP contribution in [0.4, 0.5) is 0 Å². The van der Waals surface area contributed by atoms with E-state index in [2.05, 4.69) is 22.5 Å². The van der Waals surface area contributed by atoms with Gasteiger partial charge in [-0.05, 0) is 32.6 Å². The fourth-order valence-electron chi connectivity index (χ4n) is 4.17. The van der Waals surface area contributed by atoms with Crippen LogP contribution in [0.1, 0.15) is 51.9 Å². The van der Waals surface area contributed by atoms with Crippen LogP contribution in [0.15, 0.2) is 4.99 Å². The van der Waals surface area contributed by atoms with Crippen LogP contribution in [-0.2, 0) is 14.2 Å². The molecule has 2 rings (SSSR count). The molecule has 0 unspecified atom stereocenters. The molecule has 0 spiro atoms. The lowest BCUT2D eigenvalue weighted by atomic mass is 9.80. The van der Waals surface area contributed by atoms with Crippen LogP contribution >= 0.6 is 24.0 Å². The summed E-state index contributed by atoms with van der Waals surface area (Å²) in [5.74, 6) is 0.945. The molecule has 2 fully saturated rings. The summed E-state index contributed by atoms with van der Waals surface area (Å²) in [6.45, 7) is 10.7. The second-order valence-corrected chi connectivity index (χ2v) is 7.82. The highest BCUT2D eigenvalue weighted by Crippen LogP contribution is 2.34. The molecule has 1 saturated heterocycles. The Labute approximate surface area is 194 Å². The van der Waals surface area contributed by atoms with Gasteiger partial charge in [0.1, 0.15) is 0 Å². The van der Waals surface area contributed by atoms with Crippen molar-refractivity contribution in [3.63, 3.8) is 0 Å². The van der Waals surface area contributed by atoms with E-state index >= 15 is 0 Å². The molecule has 29 heavy (non-hydrogen) atoms. The van der Waals surface area contributed by atoms with Crippen LogP contribution in [0.5, 0.6) is 0 Å². The monoisotopic (exact) mass is 526 g/mol. The van der Waals surface area contributed by atoms with E-state index < -0.39 is 0 Å². The first-order valence-electron chi connectivity index (χ1n) is 11.2. The number of rotatable bonds is 12. The van der Waals surface area contributed by atoms with Crippen LogP contribution in [0, 0.1) is 0 Å². The third-order valence-electron chi connectivity index (χ3n) is 5.78. The van der Waals surface area contributed by atoms with Gasteiger partial charge >= 0.3 is 0 Å². The molecule has 0 radical (unpaired) electrons. The molecule has 0 aromatic carbocycles. The lowest BCUT2D eigenvalue weighted by Gasteiger charge is -2.47. The Morgan fingerprint density at radius 1 is 1.03 bits per heavy atom. The van der Waals surface area contributed by atoms with Gasteiger partial charge in [-0.1, -0.05) is 19.3 Å². The van der Waals surface area contributed by atoms with Gasteiger partial charge < -0.3 is 24.8 Å². The maximum absolute atomic E-state index is 5.59. The Morgan fingerprint density at radius 3 is 2.48 bits per heavy atom. The standard InChI is InChI=1S/C21H42N4O3.HI/c1-3-22-20(23-11-7-8-14-27-18-17-26-2)24-19-21(9-5-4-6-10-21)25-12-15-28-16-13-25;/h3-19H2,1-2H3,(H2,22,23,24);1H. The number of ether oxygens (including phenoxy) is 3. The number of aliphatic imine (C=N–C) groups is 1. The number of nitrogens with one attached hydrogen (secondary N) is 2. The Kier molecular flexibility index (Phi) is 15.3. The molecule has 1 heterocycles. The van der Waals surface area contributed by atoms with Gasteiger partial charge in [0, 0.05) is 45.4 Å². The summed E-state index contributed by atoms with van der Waals surface area (Å²) in [6, 6.07) is 0. The van der Waals surface area contributed by atoms with E-state index in [-0.39, 0.29) is 29.5 Å². The van der Waals surface area contributed by atoms with Gasteiger partial charge in [0.2, 0.25) is 0 Å². The molecule has 0 aromatic heterocycles. The summed E-state index contributed by atoms with van der Waals surface area (Å²) >= 11 is 0. The Bertz CT molecular complexity index is 428. The van der Waals surface area contributed by atoms with Crippen molar-refractivity contribution in [2.75, 3.05) is 72.9 Å². The largest absolute Gasteiger partial charge is 0.382 e. The van der Waals surface area contributed by atoms with E-state index in [9.17, 15) is 0 Å². The van der Waals surface area contributed by atoms with Gasteiger partial charge in [0.05, 0.1) is 33.0 Å². The van der Waals surface area contributed by atoms with Gasteiger partial charge in [-0.15, -0.1) is 24.0 Å². The number of nitrogens with zero attached hydrogens (tertiary/aromatic N) is 2. The zero-order chi connectivity index (χ0) is 19.9. The molecule has 1 aliphatic heterocycles. The number of unbranched alkanes of at least 4 members (excludes halogenated alkanes) is 1. The minimum absolute atomic E-state index is 0. The highest BCUT2D eigenvalue weighted by Gasteiger charge is 2.38. The third-order valence-corrected chi connectivity index (χ3v) is 5.78. The molecule has 1 saturated carbocycles. The lowest BCUT2D eigenvalue weighted by molar-refractivity contribution is -0.0333. The predicted octanol–water partition coefficient (Wildman–Crippen LogP) is 2.64. The van der Waals surface area contributed by atoms with Gasteiger partial charge in [-0.25, -0.2) is 0 Å². The second-order valence-electron chi connectivity index (χ2n) is 7.82. The van der Waals surface area contributed by atoms with Crippen LogP contribution in [0.2, 0.25) is 0 Å². The fourth-order valence-corrected chi connectivity index (χ4v) is 4.17. The van der Waals surface area contributed by atoms with Crippen LogP contribution in [0.25, 0.3) is 0 Å². The first-order valence-corrected chi connectivity index (χ1v) is 11.2. The van der Waals surface area contributed by atoms with Crippen LogP contribution < -0.4 is 10.6 Å². The summed E-state index contributed by atoms with van der Waals surface area (Å²) in [6.07, 6.45) is 8.64. The molecule has 1 aliphatic carbocycles. The van der Waals surface area contributed by atoms with Crippen molar-refractivity contribution in [1.82, 2.24) is 15.5 Å². The van der Waals surface area contributed by atoms with Crippen molar-refractivity contribution in [2.45, 2.75) is 57.4 Å².